The molecule has 0 atom stereocenters. The molecule has 1 aromatic rings. The lowest BCUT2D eigenvalue weighted by Crippen LogP contribution is -2.26. The molecule has 0 saturated carbocycles. The molecule has 0 radical (unpaired) electrons. The van der Waals surface area contributed by atoms with Crippen LogP contribution in [-0.2, 0) is 9.84 Å². The van der Waals surface area contributed by atoms with E-state index in [4.69, 9.17) is 23.2 Å². The highest BCUT2D eigenvalue weighted by molar-refractivity contribution is 7.90. The average Bonchev–Trinajstić information content (AvgIpc) is 2.26. The minimum Gasteiger partial charge on any atom is -0.352 e. The molecule has 1 rings (SSSR count). The van der Waals surface area contributed by atoms with Crippen molar-refractivity contribution >= 4 is 38.9 Å². The van der Waals surface area contributed by atoms with Gasteiger partial charge in [-0.1, -0.05) is 23.2 Å². The Balaban J connectivity index is 2.53. The summed E-state index contributed by atoms with van der Waals surface area (Å²) in [6.07, 6.45) is 2.78. The van der Waals surface area contributed by atoms with Gasteiger partial charge in [0.1, 0.15) is 15.0 Å². The predicted octanol–water partition coefficient (Wildman–Crippen LogP) is 1.55. The number of nitrogens with zero attached hydrogens (tertiary/aromatic N) is 1. The van der Waals surface area contributed by atoms with Gasteiger partial charge in [0, 0.05) is 19.0 Å². The number of aromatic nitrogens is 1. The van der Waals surface area contributed by atoms with Gasteiger partial charge in [-0.15, -0.1) is 0 Å². The van der Waals surface area contributed by atoms with Crippen LogP contribution in [0.5, 0.6) is 0 Å². The Labute approximate surface area is 115 Å². The summed E-state index contributed by atoms with van der Waals surface area (Å²) in [4.78, 5) is 15.4. The molecular weight excluding hydrogens is 299 g/mol. The van der Waals surface area contributed by atoms with Crippen molar-refractivity contribution in [3.8, 4) is 0 Å². The molecule has 0 fully saturated rings. The number of halogens is 2. The zero-order chi connectivity index (χ0) is 13.8. The Kier molecular flexibility index (Phi) is 5.37. The van der Waals surface area contributed by atoms with Gasteiger partial charge < -0.3 is 5.32 Å². The van der Waals surface area contributed by atoms with Gasteiger partial charge >= 0.3 is 0 Å². The zero-order valence-electron chi connectivity index (χ0n) is 9.61. The summed E-state index contributed by atoms with van der Waals surface area (Å²) in [5, 5.41) is 2.93. The van der Waals surface area contributed by atoms with E-state index in [1.807, 2.05) is 0 Å². The van der Waals surface area contributed by atoms with E-state index in [0.29, 0.717) is 6.42 Å². The fourth-order valence-corrected chi connectivity index (χ4v) is 2.23. The van der Waals surface area contributed by atoms with Crippen LogP contribution in [0.1, 0.15) is 16.8 Å². The number of nitrogens with one attached hydrogen (secondary N) is 1. The van der Waals surface area contributed by atoms with Gasteiger partial charge in [-0.25, -0.2) is 13.4 Å². The van der Waals surface area contributed by atoms with Crippen LogP contribution in [0.2, 0.25) is 10.2 Å². The molecule has 5 nitrogen and oxygen atoms in total. The molecule has 1 amide bonds. The van der Waals surface area contributed by atoms with E-state index >= 15 is 0 Å². The summed E-state index contributed by atoms with van der Waals surface area (Å²) in [6.45, 7) is 0.252. The van der Waals surface area contributed by atoms with Gasteiger partial charge in [0.2, 0.25) is 0 Å². The molecule has 0 spiro atoms. The van der Waals surface area contributed by atoms with Crippen molar-refractivity contribution in [2.24, 2.45) is 0 Å². The number of hydrogen-bond donors (Lipinski definition) is 1. The Morgan fingerprint density at radius 3 is 2.72 bits per heavy atom. The SMILES string of the molecule is CS(=O)(=O)CCCNC(=O)c1cc(Cl)ncc1Cl. The third-order valence-electron chi connectivity index (χ3n) is 2.04. The molecule has 1 aromatic heterocycles. The van der Waals surface area contributed by atoms with Crippen LogP contribution in [0.25, 0.3) is 0 Å². The van der Waals surface area contributed by atoms with Crippen LogP contribution in [0, 0.1) is 0 Å². The molecule has 0 bridgehead atoms. The van der Waals surface area contributed by atoms with E-state index in [1.54, 1.807) is 0 Å². The van der Waals surface area contributed by atoms with E-state index < -0.39 is 15.7 Å². The van der Waals surface area contributed by atoms with Crippen molar-refractivity contribution in [1.82, 2.24) is 10.3 Å². The van der Waals surface area contributed by atoms with Crippen molar-refractivity contribution in [1.29, 1.82) is 0 Å². The molecular formula is C10H12Cl2N2O3S. The van der Waals surface area contributed by atoms with Gasteiger partial charge in [0.05, 0.1) is 16.3 Å². The second-order valence-corrected chi connectivity index (χ2v) is 6.78. The van der Waals surface area contributed by atoms with E-state index in [9.17, 15) is 13.2 Å². The first-order chi connectivity index (χ1) is 8.29. The standard InChI is InChI=1S/C10H12Cl2N2O3S/c1-18(16,17)4-2-3-13-10(15)7-5-9(12)14-6-8(7)11/h5-6H,2-4H2,1H3,(H,13,15). The summed E-state index contributed by atoms with van der Waals surface area (Å²) >= 11 is 11.5. The third kappa shape index (κ3) is 5.20. The maximum atomic E-state index is 11.7. The number of carbonyl (C=O) groups is 1. The largest absolute Gasteiger partial charge is 0.352 e. The molecule has 0 aliphatic rings. The third-order valence-corrected chi connectivity index (χ3v) is 3.58. The monoisotopic (exact) mass is 310 g/mol. The topological polar surface area (TPSA) is 76.1 Å². The lowest BCUT2D eigenvalue weighted by Gasteiger charge is -2.06. The first-order valence-electron chi connectivity index (χ1n) is 5.06. The predicted molar refractivity (Wildman–Crippen MR) is 70.9 cm³/mol. The minimum atomic E-state index is -3.01. The lowest BCUT2D eigenvalue weighted by atomic mass is 10.2. The number of hydrogen-bond acceptors (Lipinski definition) is 4. The van der Waals surface area contributed by atoms with Crippen molar-refractivity contribution in [2.75, 3.05) is 18.6 Å². The smallest absolute Gasteiger partial charge is 0.252 e. The van der Waals surface area contributed by atoms with Crippen molar-refractivity contribution < 1.29 is 13.2 Å². The van der Waals surface area contributed by atoms with Crippen LogP contribution in [0.4, 0.5) is 0 Å². The molecule has 0 aliphatic carbocycles. The zero-order valence-corrected chi connectivity index (χ0v) is 11.9. The van der Waals surface area contributed by atoms with E-state index in [-0.39, 0.29) is 28.0 Å². The highest BCUT2D eigenvalue weighted by Gasteiger charge is 2.11. The van der Waals surface area contributed by atoms with E-state index in [1.165, 1.54) is 12.3 Å². The average molecular weight is 311 g/mol. The number of rotatable bonds is 5. The first kappa shape index (κ1) is 15.2. The number of sulfone groups is 1. The molecule has 100 valence electrons. The maximum absolute atomic E-state index is 11.7. The van der Waals surface area contributed by atoms with Gasteiger partial charge in [0.25, 0.3) is 5.91 Å². The molecule has 0 aromatic carbocycles. The molecule has 0 saturated heterocycles. The van der Waals surface area contributed by atoms with Crippen LogP contribution in [0.15, 0.2) is 12.3 Å². The number of pyridine rings is 1. The number of amides is 1. The molecule has 0 unspecified atom stereocenters. The second-order valence-electron chi connectivity index (χ2n) is 3.73. The fourth-order valence-electron chi connectivity index (χ4n) is 1.22. The highest BCUT2D eigenvalue weighted by Crippen LogP contribution is 2.17. The first-order valence-corrected chi connectivity index (χ1v) is 7.88. The lowest BCUT2D eigenvalue weighted by molar-refractivity contribution is 0.0953. The van der Waals surface area contributed by atoms with Crippen LogP contribution in [0.3, 0.4) is 0 Å². The van der Waals surface area contributed by atoms with Crippen LogP contribution >= 0.6 is 23.2 Å². The normalized spacial score (nSPS) is 11.3. The maximum Gasteiger partial charge on any atom is 0.252 e. The van der Waals surface area contributed by atoms with Crippen molar-refractivity contribution in [3.63, 3.8) is 0 Å². The summed E-state index contributed by atoms with van der Waals surface area (Å²) in [7, 11) is -3.01. The van der Waals surface area contributed by atoms with E-state index in [2.05, 4.69) is 10.3 Å². The Bertz CT molecular complexity index is 546. The molecule has 1 N–H and O–H groups in total. The Hall–Kier alpha value is -0.850. The van der Waals surface area contributed by atoms with Gasteiger partial charge in [-0.3, -0.25) is 4.79 Å². The van der Waals surface area contributed by atoms with Gasteiger partial charge in [-0.05, 0) is 12.5 Å². The fraction of sp³-hybridized carbons (Fsp3) is 0.400. The minimum absolute atomic E-state index is 0.0259. The summed E-state index contributed by atoms with van der Waals surface area (Å²) in [5.74, 6) is -0.379. The molecule has 18 heavy (non-hydrogen) atoms. The van der Waals surface area contributed by atoms with Gasteiger partial charge in [0.15, 0.2) is 0 Å². The van der Waals surface area contributed by atoms with Crippen molar-refractivity contribution in [3.05, 3.63) is 28.0 Å². The Morgan fingerprint density at radius 2 is 2.11 bits per heavy atom. The highest BCUT2D eigenvalue weighted by atomic mass is 35.5. The van der Waals surface area contributed by atoms with Gasteiger partial charge in [-0.2, -0.15) is 0 Å². The molecule has 0 aliphatic heterocycles. The quantitative estimate of drug-likeness (QED) is 0.661. The summed E-state index contributed by atoms with van der Waals surface area (Å²) < 4.78 is 21.8. The van der Waals surface area contributed by atoms with Crippen molar-refractivity contribution in [2.45, 2.75) is 6.42 Å². The molecule has 1 heterocycles. The summed E-state index contributed by atoms with van der Waals surface area (Å²) in [6, 6.07) is 1.36. The van der Waals surface area contributed by atoms with Crippen LogP contribution < -0.4 is 5.32 Å². The summed E-state index contributed by atoms with van der Waals surface area (Å²) in [5.41, 5.74) is 0.219. The second kappa shape index (κ2) is 6.36. The van der Waals surface area contributed by atoms with Crippen LogP contribution in [-0.4, -0.2) is 37.9 Å². The number of carbonyl (C=O) groups excluding carboxylic acids is 1. The Morgan fingerprint density at radius 1 is 1.44 bits per heavy atom. The van der Waals surface area contributed by atoms with E-state index in [0.717, 1.165) is 6.26 Å². The molecule has 8 heteroatoms.